The molecule has 1 unspecified atom stereocenters. The van der Waals surface area contributed by atoms with Crippen LogP contribution in [0.4, 0.5) is 21.5 Å². The molecular weight excluding hydrogens is 361 g/mol. The van der Waals surface area contributed by atoms with Gasteiger partial charge in [0.25, 0.3) is 0 Å². The zero-order valence-electron chi connectivity index (χ0n) is 14.5. The van der Waals surface area contributed by atoms with Crippen molar-refractivity contribution in [2.75, 3.05) is 28.7 Å². The van der Waals surface area contributed by atoms with Crippen LogP contribution >= 0.6 is 0 Å². The van der Waals surface area contributed by atoms with E-state index in [4.69, 9.17) is 4.74 Å². The number of benzene rings is 2. The number of methoxy groups -OCH3 is 1. The van der Waals surface area contributed by atoms with Gasteiger partial charge in [-0.15, -0.1) is 0 Å². The monoisotopic (exact) mass is 381 g/mol. The lowest BCUT2D eigenvalue weighted by Crippen LogP contribution is -2.31. The van der Waals surface area contributed by atoms with Crippen LogP contribution in [0.1, 0.15) is 6.92 Å². The predicted molar refractivity (Wildman–Crippen MR) is 99.6 cm³/mol. The van der Waals surface area contributed by atoms with Gasteiger partial charge < -0.3 is 15.4 Å². The average Bonchev–Trinajstić information content (AvgIpc) is 2.55. The van der Waals surface area contributed by atoms with Crippen molar-refractivity contribution < 1.29 is 22.3 Å². The Labute approximate surface area is 151 Å². The topological polar surface area (TPSA) is 96.5 Å². The Bertz CT molecular complexity index is 885. The van der Waals surface area contributed by atoms with E-state index in [1.165, 1.54) is 37.4 Å². The van der Waals surface area contributed by atoms with Gasteiger partial charge in [-0.2, -0.15) is 0 Å². The summed E-state index contributed by atoms with van der Waals surface area (Å²) >= 11 is 0. The number of amides is 1. The highest BCUT2D eigenvalue weighted by Gasteiger charge is 2.15. The fraction of sp³-hybridized carbons (Fsp3) is 0.235. The fourth-order valence-corrected chi connectivity index (χ4v) is 2.74. The van der Waals surface area contributed by atoms with Crippen LogP contribution in [0.15, 0.2) is 42.5 Å². The molecule has 0 saturated carbocycles. The lowest BCUT2D eigenvalue weighted by Gasteiger charge is -2.17. The molecule has 0 aliphatic rings. The molecule has 9 heteroatoms. The first-order valence-corrected chi connectivity index (χ1v) is 9.56. The van der Waals surface area contributed by atoms with Crippen molar-refractivity contribution in [3.05, 3.63) is 48.3 Å². The van der Waals surface area contributed by atoms with Gasteiger partial charge in [0.1, 0.15) is 17.6 Å². The third-order valence-corrected chi connectivity index (χ3v) is 3.97. The Balaban J connectivity index is 2.10. The first-order chi connectivity index (χ1) is 12.2. The number of ether oxygens (including phenoxy) is 1. The molecule has 0 aliphatic heterocycles. The van der Waals surface area contributed by atoms with Gasteiger partial charge in [-0.25, -0.2) is 12.8 Å². The first kappa shape index (κ1) is 19.5. The van der Waals surface area contributed by atoms with Crippen LogP contribution in [0, 0.1) is 5.82 Å². The van der Waals surface area contributed by atoms with Gasteiger partial charge >= 0.3 is 0 Å². The van der Waals surface area contributed by atoms with Gasteiger partial charge in [0, 0.05) is 11.4 Å². The number of carbonyl (C=O) groups excluding carboxylic acids is 1. The molecule has 3 N–H and O–H groups in total. The summed E-state index contributed by atoms with van der Waals surface area (Å²) in [5.41, 5.74) is 1.25. The molecular formula is C17H20FN3O4S. The SMILES string of the molecule is COc1ccc(NC(C)C(=O)Nc2ccc(F)cc2)cc1NS(C)(=O)=O. The van der Waals surface area contributed by atoms with E-state index < -0.39 is 21.9 Å². The molecule has 0 bridgehead atoms. The van der Waals surface area contributed by atoms with Crippen molar-refractivity contribution in [3.63, 3.8) is 0 Å². The molecule has 1 amide bonds. The van der Waals surface area contributed by atoms with Gasteiger partial charge in [0.2, 0.25) is 15.9 Å². The van der Waals surface area contributed by atoms with E-state index in [2.05, 4.69) is 15.4 Å². The molecule has 1 atom stereocenters. The van der Waals surface area contributed by atoms with E-state index in [9.17, 15) is 17.6 Å². The number of halogens is 1. The van der Waals surface area contributed by atoms with E-state index in [-0.39, 0.29) is 11.6 Å². The minimum atomic E-state index is -3.48. The summed E-state index contributed by atoms with van der Waals surface area (Å²) in [4.78, 5) is 12.2. The Kier molecular flexibility index (Phi) is 6.04. The Morgan fingerprint density at radius 1 is 1.12 bits per heavy atom. The normalized spacial score (nSPS) is 12.2. The number of anilines is 3. The van der Waals surface area contributed by atoms with E-state index in [1.807, 2.05) is 0 Å². The lowest BCUT2D eigenvalue weighted by molar-refractivity contribution is -0.116. The van der Waals surface area contributed by atoms with E-state index in [0.717, 1.165) is 6.26 Å². The van der Waals surface area contributed by atoms with Crippen LogP contribution in [0.5, 0.6) is 5.75 Å². The highest BCUT2D eigenvalue weighted by molar-refractivity contribution is 7.92. The minimum Gasteiger partial charge on any atom is -0.495 e. The van der Waals surface area contributed by atoms with E-state index in [0.29, 0.717) is 17.1 Å². The largest absolute Gasteiger partial charge is 0.495 e. The molecule has 0 spiro atoms. The second-order valence-corrected chi connectivity index (χ2v) is 7.40. The third kappa shape index (κ3) is 5.62. The molecule has 0 heterocycles. The maximum atomic E-state index is 12.9. The minimum absolute atomic E-state index is 0.256. The standard InChI is InChI=1S/C17H20FN3O4S/c1-11(17(22)20-13-6-4-12(18)5-7-13)19-14-8-9-16(25-2)15(10-14)21-26(3,23)24/h4-11,19,21H,1-3H3,(H,20,22). The molecule has 2 rings (SSSR count). The fourth-order valence-electron chi connectivity index (χ4n) is 2.18. The summed E-state index contributed by atoms with van der Waals surface area (Å²) in [5, 5.41) is 5.63. The maximum Gasteiger partial charge on any atom is 0.246 e. The Morgan fingerprint density at radius 3 is 2.31 bits per heavy atom. The van der Waals surface area contributed by atoms with E-state index >= 15 is 0 Å². The van der Waals surface area contributed by atoms with Crippen LogP contribution in [0.2, 0.25) is 0 Å². The van der Waals surface area contributed by atoms with Gasteiger partial charge in [0.05, 0.1) is 19.1 Å². The van der Waals surface area contributed by atoms with Gasteiger partial charge in [-0.3, -0.25) is 9.52 Å². The van der Waals surface area contributed by atoms with Gasteiger partial charge in [0.15, 0.2) is 0 Å². The summed E-state index contributed by atoms with van der Waals surface area (Å²) in [5.74, 6) is -0.368. The zero-order valence-corrected chi connectivity index (χ0v) is 15.4. The van der Waals surface area contributed by atoms with Crippen molar-refractivity contribution in [1.82, 2.24) is 0 Å². The van der Waals surface area contributed by atoms with Gasteiger partial charge in [-0.1, -0.05) is 0 Å². The molecule has 0 radical (unpaired) electrons. The number of rotatable bonds is 7. The highest BCUT2D eigenvalue weighted by Crippen LogP contribution is 2.28. The smallest absolute Gasteiger partial charge is 0.246 e. The van der Waals surface area contributed by atoms with Crippen LogP contribution in [-0.2, 0) is 14.8 Å². The summed E-state index contributed by atoms with van der Waals surface area (Å²) in [6.07, 6.45) is 1.03. The second kappa shape index (κ2) is 8.05. The molecule has 140 valence electrons. The molecule has 0 saturated heterocycles. The number of nitrogens with one attached hydrogen (secondary N) is 3. The first-order valence-electron chi connectivity index (χ1n) is 7.67. The lowest BCUT2D eigenvalue weighted by atomic mass is 10.2. The number of hydrogen-bond donors (Lipinski definition) is 3. The molecule has 2 aromatic carbocycles. The third-order valence-electron chi connectivity index (χ3n) is 3.38. The number of carbonyl (C=O) groups is 1. The highest BCUT2D eigenvalue weighted by atomic mass is 32.2. The zero-order chi connectivity index (χ0) is 19.3. The number of hydrogen-bond acceptors (Lipinski definition) is 5. The average molecular weight is 381 g/mol. The van der Waals surface area contributed by atoms with E-state index in [1.54, 1.807) is 19.1 Å². The molecule has 7 nitrogen and oxygen atoms in total. The van der Waals surface area contributed by atoms with Crippen molar-refractivity contribution in [3.8, 4) is 5.75 Å². The molecule has 0 fully saturated rings. The summed E-state index contributed by atoms with van der Waals surface area (Å²) in [7, 11) is -2.06. The second-order valence-electron chi connectivity index (χ2n) is 5.65. The van der Waals surface area contributed by atoms with Crippen molar-refractivity contribution >= 4 is 33.0 Å². The molecule has 0 aromatic heterocycles. The van der Waals surface area contributed by atoms with Crippen LogP contribution in [0.3, 0.4) is 0 Å². The van der Waals surface area contributed by atoms with Crippen molar-refractivity contribution in [2.24, 2.45) is 0 Å². The quantitative estimate of drug-likeness (QED) is 0.685. The van der Waals surface area contributed by atoms with Crippen molar-refractivity contribution in [1.29, 1.82) is 0 Å². The summed E-state index contributed by atoms with van der Waals surface area (Å²) in [6.45, 7) is 1.65. The molecule has 2 aromatic rings. The van der Waals surface area contributed by atoms with Gasteiger partial charge in [-0.05, 0) is 49.4 Å². The molecule has 0 aliphatic carbocycles. The Hall–Kier alpha value is -2.81. The van der Waals surface area contributed by atoms with Crippen LogP contribution in [-0.4, -0.2) is 33.7 Å². The summed E-state index contributed by atoms with van der Waals surface area (Å²) in [6, 6.07) is 9.57. The summed E-state index contributed by atoms with van der Waals surface area (Å²) < 4.78 is 43.3. The van der Waals surface area contributed by atoms with Crippen molar-refractivity contribution in [2.45, 2.75) is 13.0 Å². The molecule has 26 heavy (non-hydrogen) atoms. The number of sulfonamides is 1. The van der Waals surface area contributed by atoms with Crippen LogP contribution in [0.25, 0.3) is 0 Å². The van der Waals surface area contributed by atoms with Crippen LogP contribution < -0.4 is 20.1 Å². The predicted octanol–water partition coefficient (Wildman–Crippen LogP) is 2.64. The maximum absolute atomic E-state index is 12.9. The Morgan fingerprint density at radius 2 is 1.73 bits per heavy atom.